The molecular formula is C9H19NO3. The normalized spacial score (nSPS) is 10.8. The van der Waals surface area contributed by atoms with Gasteiger partial charge in [0.1, 0.15) is 5.78 Å². The van der Waals surface area contributed by atoms with Gasteiger partial charge in [-0.3, -0.25) is 4.90 Å². The second kappa shape index (κ2) is 8.16. The molecule has 0 saturated carbocycles. The maximum absolute atomic E-state index is 10.6. The third-order valence-corrected chi connectivity index (χ3v) is 1.84. The van der Waals surface area contributed by atoms with Crippen LogP contribution in [0, 0.1) is 0 Å². The Kier molecular flexibility index (Phi) is 7.88. The highest BCUT2D eigenvalue weighted by Gasteiger charge is 2.03. The van der Waals surface area contributed by atoms with Crippen molar-refractivity contribution in [3.05, 3.63) is 0 Å². The smallest absolute Gasteiger partial charge is 0.129 e. The number of aliphatic hydroxyl groups excluding tert-OH is 2. The van der Waals surface area contributed by atoms with Crippen LogP contribution < -0.4 is 0 Å². The maximum Gasteiger partial charge on any atom is 0.129 e. The van der Waals surface area contributed by atoms with Crippen molar-refractivity contribution in [2.45, 2.75) is 19.8 Å². The van der Waals surface area contributed by atoms with Gasteiger partial charge in [-0.1, -0.05) is 0 Å². The molecule has 0 aromatic rings. The van der Waals surface area contributed by atoms with Crippen LogP contribution in [0.3, 0.4) is 0 Å². The molecule has 0 aromatic carbocycles. The molecule has 0 saturated heterocycles. The van der Waals surface area contributed by atoms with Gasteiger partial charge in [0.2, 0.25) is 0 Å². The number of Topliss-reactive ketones (excluding diaryl/α,β-unsaturated/α-hetero) is 1. The Morgan fingerprint density at radius 1 is 1.15 bits per heavy atom. The van der Waals surface area contributed by atoms with Crippen LogP contribution in [0.5, 0.6) is 0 Å². The van der Waals surface area contributed by atoms with Crippen molar-refractivity contribution in [3.63, 3.8) is 0 Å². The molecule has 0 rings (SSSR count). The lowest BCUT2D eigenvalue weighted by atomic mass is 10.2. The zero-order valence-corrected chi connectivity index (χ0v) is 8.20. The van der Waals surface area contributed by atoms with E-state index in [2.05, 4.69) is 0 Å². The molecule has 4 nitrogen and oxygen atoms in total. The minimum atomic E-state index is 0.0973. The van der Waals surface area contributed by atoms with E-state index in [4.69, 9.17) is 10.2 Å². The quantitative estimate of drug-likeness (QED) is 0.547. The molecule has 0 heterocycles. The molecule has 13 heavy (non-hydrogen) atoms. The first-order valence-corrected chi connectivity index (χ1v) is 4.64. The molecule has 2 N–H and O–H groups in total. The molecule has 0 atom stereocenters. The van der Waals surface area contributed by atoms with Crippen LogP contribution in [-0.4, -0.2) is 53.7 Å². The molecule has 0 fully saturated rings. The fraction of sp³-hybridized carbons (Fsp3) is 0.889. The van der Waals surface area contributed by atoms with Gasteiger partial charge in [0.15, 0.2) is 0 Å². The fourth-order valence-corrected chi connectivity index (χ4v) is 1.17. The van der Waals surface area contributed by atoms with Crippen LogP contribution in [0.1, 0.15) is 19.8 Å². The van der Waals surface area contributed by atoms with Crippen molar-refractivity contribution in [1.29, 1.82) is 0 Å². The van der Waals surface area contributed by atoms with Crippen LogP contribution in [0.2, 0.25) is 0 Å². The van der Waals surface area contributed by atoms with E-state index >= 15 is 0 Å². The third kappa shape index (κ3) is 7.90. The van der Waals surface area contributed by atoms with E-state index in [0.717, 1.165) is 13.0 Å². The lowest BCUT2D eigenvalue weighted by Gasteiger charge is -2.19. The average molecular weight is 189 g/mol. The highest BCUT2D eigenvalue weighted by atomic mass is 16.3. The van der Waals surface area contributed by atoms with Gasteiger partial charge in [0.05, 0.1) is 13.2 Å². The van der Waals surface area contributed by atoms with E-state index in [9.17, 15) is 4.79 Å². The summed E-state index contributed by atoms with van der Waals surface area (Å²) in [7, 11) is 0. The number of hydrogen-bond acceptors (Lipinski definition) is 4. The summed E-state index contributed by atoms with van der Waals surface area (Å²) in [5, 5.41) is 17.4. The van der Waals surface area contributed by atoms with Crippen LogP contribution in [0.15, 0.2) is 0 Å². The van der Waals surface area contributed by atoms with Crippen LogP contribution >= 0.6 is 0 Å². The van der Waals surface area contributed by atoms with E-state index in [0.29, 0.717) is 19.5 Å². The predicted molar refractivity (Wildman–Crippen MR) is 50.5 cm³/mol. The van der Waals surface area contributed by atoms with Gasteiger partial charge in [0.25, 0.3) is 0 Å². The summed E-state index contributed by atoms with van der Waals surface area (Å²) in [5.74, 6) is 0.188. The van der Waals surface area contributed by atoms with Crippen molar-refractivity contribution in [2.75, 3.05) is 32.8 Å². The SMILES string of the molecule is CC(=O)CCCN(CCO)CCO. The van der Waals surface area contributed by atoms with E-state index in [1.54, 1.807) is 6.92 Å². The van der Waals surface area contributed by atoms with E-state index in [1.807, 2.05) is 4.90 Å². The number of ketones is 1. The Labute approximate surface area is 79.2 Å². The summed E-state index contributed by atoms with van der Waals surface area (Å²) < 4.78 is 0. The Hall–Kier alpha value is -0.450. The minimum Gasteiger partial charge on any atom is -0.395 e. The number of rotatable bonds is 8. The Morgan fingerprint density at radius 2 is 1.69 bits per heavy atom. The van der Waals surface area contributed by atoms with Crippen LogP contribution in [0.25, 0.3) is 0 Å². The minimum absolute atomic E-state index is 0.0973. The lowest BCUT2D eigenvalue weighted by Crippen LogP contribution is -2.31. The van der Waals surface area contributed by atoms with Crippen molar-refractivity contribution in [2.24, 2.45) is 0 Å². The first kappa shape index (κ1) is 12.6. The van der Waals surface area contributed by atoms with E-state index in [1.165, 1.54) is 0 Å². The van der Waals surface area contributed by atoms with Gasteiger partial charge in [-0.25, -0.2) is 0 Å². The van der Waals surface area contributed by atoms with Crippen LogP contribution in [-0.2, 0) is 4.79 Å². The third-order valence-electron chi connectivity index (χ3n) is 1.84. The summed E-state index contributed by atoms with van der Waals surface area (Å²) in [6.45, 7) is 3.67. The molecule has 0 spiro atoms. The Balaban J connectivity index is 3.49. The molecule has 0 bridgehead atoms. The summed E-state index contributed by atoms with van der Waals surface area (Å²) in [5.41, 5.74) is 0. The van der Waals surface area contributed by atoms with Crippen molar-refractivity contribution < 1.29 is 15.0 Å². The number of carbonyl (C=O) groups is 1. The summed E-state index contributed by atoms with van der Waals surface area (Å²) in [4.78, 5) is 12.6. The summed E-state index contributed by atoms with van der Waals surface area (Å²) >= 11 is 0. The van der Waals surface area contributed by atoms with Gasteiger partial charge in [-0.05, 0) is 19.9 Å². The molecule has 4 heteroatoms. The molecule has 78 valence electrons. The second-order valence-electron chi connectivity index (χ2n) is 3.09. The summed E-state index contributed by atoms with van der Waals surface area (Å²) in [6.07, 6.45) is 1.38. The van der Waals surface area contributed by atoms with E-state index in [-0.39, 0.29) is 19.0 Å². The molecule has 0 unspecified atom stereocenters. The number of aliphatic hydroxyl groups is 2. The Bertz CT molecular complexity index is 133. The molecule has 0 aromatic heterocycles. The molecule has 0 aliphatic carbocycles. The second-order valence-corrected chi connectivity index (χ2v) is 3.09. The van der Waals surface area contributed by atoms with Gasteiger partial charge >= 0.3 is 0 Å². The first-order chi connectivity index (χ1) is 6.20. The maximum atomic E-state index is 10.6. The largest absolute Gasteiger partial charge is 0.395 e. The molecular weight excluding hydrogens is 170 g/mol. The zero-order chi connectivity index (χ0) is 10.1. The monoisotopic (exact) mass is 189 g/mol. The van der Waals surface area contributed by atoms with E-state index < -0.39 is 0 Å². The van der Waals surface area contributed by atoms with Gasteiger partial charge < -0.3 is 15.0 Å². The topological polar surface area (TPSA) is 60.8 Å². The molecule has 0 radical (unpaired) electrons. The lowest BCUT2D eigenvalue weighted by molar-refractivity contribution is -0.117. The Morgan fingerprint density at radius 3 is 2.08 bits per heavy atom. The van der Waals surface area contributed by atoms with Gasteiger partial charge in [-0.15, -0.1) is 0 Å². The standard InChI is InChI=1S/C9H19NO3/c1-9(13)3-2-4-10(5-7-11)6-8-12/h11-12H,2-8H2,1H3. The molecule has 0 amide bonds. The van der Waals surface area contributed by atoms with Crippen LogP contribution in [0.4, 0.5) is 0 Å². The van der Waals surface area contributed by atoms with Gasteiger partial charge in [0, 0.05) is 19.5 Å². The first-order valence-electron chi connectivity index (χ1n) is 4.64. The van der Waals surface area contributed by atoms with Crippen molar-refractivity contribution in [1.82, 2.24) is 4.90 Å². The number of carbonyl (C=O) groups excluding carboxylic acids is 1. The van der Waals surface area contributed by atoms with Crippen molar-refractivity contribution >= 4 is 5.78 Å². The fourth-order valence-electron chi connectivity index (χ4n) is 1.17. The average Bonchev–Trinajstić information content (AvgIpc) is 2.04. The highest BCUT2D eigenvalue weighted by Crippen LogP contribution is 1.95. The van der Waals surface area contributed by atoms with Gasteiger partial charge in [-0.2, -0.15) is 0 Å². The predicted octanol–water partition coefficient (Wildman–Crippen LogP) is -0.358. The molecule has 0 aliphatic rings. The number of hydrogen-bond donors (Lipinski definition) is 2. The van der Waals surface area contributed by atoms with Crippen molar-refractivity contribution in [3.8, 4) is 0 Å². The highest BCUT2D eigenvalue weighted by molar-refractivity contribution is 5.75. The molecule has 0 aliphatic heterocycles. The zero-order valence-electron chi connectivity index (χ0n) is 8.20. The summed E-state index contributed by atoms with van der Waals surface area (Å²) in [6, 6.07) is 0. The number of nitrogens with zero attached hydrogens (tertiary/aromatic N) is 1.